The average molecular weight is 366 g/mol. The molecule has 140 valence electrons. The van der Waals surface area contributed by atoms with Crippen LogP contribution in [0.3, 0.4) is 0 Å². The molecule has 2 aromatic carbocycles. The van der Waals surface area contributed by atoms with Crippen molar-refractivity contribution in [3.05, 3.63) is 71.2 Å². The zero-order valence-corrected chi connectivity index (χ0v) is 15.7. The van der Waals surface area contributed by atoms with Crippen LogP contribution in [0, 0.1) is 18.2 Å². The molecule has 0 spiro atoms. The molecule has 0 radical (unpaired) electrons. The van der Waals surface area contributed by atoms with Gasteiger partial charge < -0.3 is 9.42 Å². The van der Waals surface area contributed by atoms with E-state index in [0.717, 1.165) is 22.4 Å². The van der Waals surface area contributed by atoms with Crippen molar-refractivity contribution < 1.29 is 8.91 Å². The summed E-state index contributed by atoms with van der Waals surface area (Å²) in [6.07, 6.45) is 1.29. The molecule has 0 aliphatic heterocycles. The molecule has 3 rings (SSSR count). The van der Waals surface area contributed by atoms with Crippen molar-refractivity contribution in [1.29, 1.82) is 5.41 Å². The SMILES string of the molecule is Cc1c(CCc2ccc(-c3ccccc3)c(F)c2)noc1NC(=N)N(C)C. The summed E-state index contributed by atoms with van der Waals surface area (Å²) in [5, 5.41) is 14.8. The number of anilines is 1. The fraction of sp³-hybridized carbons (Fsp3) is 0.238. The molecule has 2 N–H and O–H groups in total. The third kappa shape index (κ3) is 4.34. The van der Waals surface area contributed by atoms with Crippen molar-refractivity contribution >= 4 is 11.8 Å². The summed E-state index contributed by atoms with van der Waals surface area (Å²) in [7, 11) is 3.55. The van der Waals surface area contributed by atoms with E-state index in [9.17, 15) is 4.39 Å². The monoisotopic (exact) mass is 366 g/mol. The first-order chi connectivity index (χ1) is 13.0. The number of aromatic nitrogens is 1. The van der Waals surface area contributed by atoms with Crippen LogP contribution in [-0.4, -0.2) is 30.1 Å². The highest BCUT2D eigenvalue weighted by atomic mass is 19.1. The van der Waals surface area contributed by atoms with Gasteiger partial charge in [0.2, 0.25) is 5.88 Å². The molecule has 3 aromatic rings. The first-order valence-electron chi connectivity index (χ1n) is 8.77. The van der Waals surface area contributed by atoms with Crippen molar-refractivity contribution in [3.8, 4) is 11.1 Å². The lowest BCUT2D eigenvalue weighted by Crippen LogP contribution is -2.28. The van der Waals surface area contributed by atoms with Crippen LogP contribution in [-0.2, 0) is 12.8 Å². The molecule has 0 amide bonds. The molecule has 1 aromatic heterocycles. The Morgan fingerprint density at radius 2 is 1.89 bits per heavy atom. The first-order valence-corrected chi connectivity index (χ1v) is 8.77. The second-order valence-corrected chi connectivity index (χ2v) is 6.63. The second-order valence-electron chi connectivity index (χ2n) is 6.63. The van der Waals surface area contributed by atoms with E-state index in [2.05, 4.69) is 10.5 Å². The second kappa shape index (κ2) is 8.03. The lowest BCUT2D eigenvalue weighted by atomic mass is 10.0. The third-order valence-corrected chi connectivity index (χ3v) is 4.47. The number of benzene rings is 2. The van der Waals surface area contributed by atoms with Crippen LogP contribution >= 0.6 is 0 Å². The summed E-state index contributed by atoms with van der Waals surface area (Å²) in [5.41, 5.74) is 4.04. The predicted octanol–water partition coefficient (Wildman–Crippen LogP) is 4.48. The normalized spacial score (nSPS) is 10.7. The van der Waals surface area contributed by atoms with E-state index in [1.54, 1.807) is 25.1 Å². The van der Waals surface area contributed by atoms with Crippen molar-refractivity contribution in [2.75, 3.05) is 19.4 Å². The van der Waals surface area contributed by atoms with Crippen LogP contribution in [0.5, 0.6) is 0 Å². The van der Waals surface area contributed by atoms with Gasteiger partial charge in [-0.3, -0.25) is 10.7 Å². The van der Waals surface area contributed by atoms with Gasteiger partial charge in [0.1, 0.15) is 5.82 Å². The molecule has 0 aliphatic rings. The van der Waals surface area contributed by atoms with Crippen LogP contribution in [0.1, 0.15) is 16.8 Å². The van der Waals surface area contributed by atoms with Gasteiger partial charge in [0.15, 0.2) is 5.96 Å². The van der Waals surface area contributed by atoms with Crippen LogP contribution in [0.4, 0.5) is 10.3 Å². The summed E-state index contributed by atoms with van der Waals surface area (Å²) < 4.78 is 19.8. The number of hydrogen-bond donors (Lipinski definition) is 2. The molecule has 0 atom stereocenters. The number of nitrogens with one attached hydrogen (secondary N) is 2. The quantitative estimate of drug-likeness (QED) is 0.516. The van der Waals surface area contributed by atoms with Gasteiger partial charge in [-0.25, -0.2) is 4.39 Å². The predicted molar refractivity (Wildman–Crippen MR) is 106 cm³/mol. The third-order valence-electron chi connectivity index (χ3n) is 4.47. The molecule has 0 saturated heterocycles. The molecule has 1 heterocycles. The van der Waals surface area contributed by atoms with Crippen LogP contribution in [0.15, 0.2) is 53.1 Å². The molecule has 0 saturated carbocycles. The van der Waals surface area contributed by atoms with Gasteiger partial charge in [-0.15, -0.1) is 0 Å². The van der Waals surface area contributed by atoms with Crippen molar-refractivity contribution in [1.82, 2.24) is 10.1 Å². The highest BCUT2D eigenvalue weighted by molar-refractivity contribution is 5.90. The van der Waals surface area contributed by atoms with Gasteiger partial charge in [-0.05, 0) is 37.0 Å². The Morgan fingerprint density at radius 3 is 2.56 bits per heavy atom. The maximum Gasteiger partial charge on any atom is 0.234 e. The Morgan fingerprint density at radius 1 is 1.15 bits per heavy atom. The molecule has 0 bridgehead atoms. The number of aryl methyl sites for hydroxylation is 2. The largest absolute Gasteiger partial charge is 0.349 e. The molecule has 27 heavy (non-hydrogen) atoms. The summed E-state index contributed by atoms with van der Waals surface area (Å²) in [6.45, 7) is 1.90. The molecule has 0 unspecified atom stereocenters. The summed E-state index contributed by atoms with van der Waals surface area (Å²) in [5.74, 6) is 0.464. The van der Waals surface area contributed by atoms with Crippen molar-refractivity contribution in [2.24, 2.45) is 0 Å². The topological polar surface area (TPSA) is 65.2 Å². The Kier molecular flexibility index (Phi) is 5.54. The fourth-order valence-electron chi connectivity index (χ4n) is 2.77. The van der Waals surface area contributed by atoms with Gasteiger partial charge in [0.05, 0.1) is 5.69 Å². The molecule has 0 fully saturated rings. The minimum Gasteiger partial charge on any atom is -0.349 e. The number of guanidine groups is 1. The van der Waals surface area contributed by atoms with Crippen LogP contribution in [0.25, 0.3) is 11.1 Å². The minimum absolute atomic E-state index is 0.222. The van der Waals surface area contributed by atoms with Crippen LogP contribution in [0.2, 0.25) is 0 Å². The summed E-state index contributed by atoms with van der Waals surface area (Å²) >= 11 is 0. The van der Waals surface area contributed by atoms with Gasteiger partial charge in [0, 0.05) is 25.2 Å². The molecular formula is C21H23FN4O. The molecule has 5 nitrogen and oxygen atoms in total. The summed E-state index contributed by atoms with van der Waals surface area (Å²) in [4.78, 5) is 1.64. The number of hydrogen-bond acceptors (Lipinski definition) is 3. The zero-order valence-electron chi connectivity index (χ0n) is 15.7. The van der Waals surface area contributed by atoms with Crippen LogP contribution < -0.4 is 5.32 Å². The van der Waals surface area contributed by atoms with E-state index < -0.39 is 0 Å². The van der Waals surface area contributed by atoms with E-state index in [0.29, 0.717) is 24.3 Å². The Balaban J connectivity index is 1.68. The van der Waals surface area contributed by atoms with E-state index in [1.165, 1.54) is 0 Å². The van der Waals surface area contributed by atoms with Gasteiger partial charge in [-0.1, -0.05) is 47.6 Å². The fourth-order valence-corrected chi connectivity index (χ4v) is 2.77. The number of halogens is 1. The highest BCUT2D eigenvalue weighted by Crippen LogP contribution is 2.25. The number of nitrogens with zero attached hydrogens (tertiary/aromatic N) is 2. The maximum atomic E-state index is 14.5. The maximum absolute atomic E-state index is 14.5. The van der Waals surface area contributed by atoms with Crippen molar-refractivity contribution in [2.45, 2.75) is 19.8 Å². The molecule has 6 heteroatoms. The lowest BCUT2D eigenvalue weighted by Gasteiger charge is -2.13. The summed E-state index contributed by atoms with van der Waals surface area (Å²) in [6, 6.07) is 14.9. The Hall–Kier alpha value is -3.15. The van der Waals surface area contributed by atoms with E-state index in [1.807, 2.05) is 49.4 Å². The van der Waals surface area contributed by atoms with E-state index in [4.69, 9.17) is 9.93 Å². The molecule has 0 aliphatic carbocycles. The zero-order chi connectivity index (χ0) is 19.4. The smallest absolute Gasteiger partial charge is 0.234 e. The molecular weight excluding hydrogens is 343 g/mol. The average Bonchev–Trinajstić information content (AvgIpc) is 3.00. The lowest BCUT2D eigenvalue weighted by molar-refractivity contribution is 0.425. The van der Waals surface area contributed by atoms with Gasteiger partial charge in [-0.2, -0.15) is 0 Å². The highest BCUT2D eigenvalue weighted by Gasteiger charge is 2.14. The standard InChI is InChI=1S/C21H23FN4O/c1-14-19(25-27-20(14)24-21(23)26(2)3)12-10-15-9-11-17(18(22)13-15)16-7-5-4-6-8-16/h4-9,11,13H,10,12H2,1-3H3,(H2,23,24). The van der Waals surface area contributed by atoms with E-state index >= 15 is 0 Å². The van der Waals surface area contributed by atoms with E-state index in [-0.39, 0.29) is 11.8 Å². The Bertz CT molecular complexity index is 935. The van der Waals surface area contributed by atoms with Gasteiger partial charge >= 0.3 is 0 Å². The van der Waals surface area contributed by atoms with Crippen molar-refractivity contribution in [3.63, 3.8) is 0 Å². The Labute approximate surface area is 158 Å². The minimum atomic E-state index is -0.225. The number of rotatable bonds is 5. The first kappa shape index (κ1) is 18.6. The van der Waals surface area contributed by atoms with Gasteiger partial charge in [0.25, 0.3) is 0 Å².